The van der Waals surface area contributed by atoms with Crippen LogP contribution < -0.4 is 11.4 Å². The van der Waals surface area contributed by atoms with Crippen molar-refractivity contribution in [3.05, 3.63) is 145 Å². The van der Waals surface area contributed by atoms with Crippen LogP contribution in [0.15, 0.2) is 81.5 Å². The van der Waals surface area contributed by atoms with E-state index in [2.05, 4.69) is 52.5 Å². The topological polar surface area (TPSA) is 168 Å². The molecule has 0 spiro atoms. The molecule has 0 unspecified atom stereocenters. The molecule has 8 aromatic rings. The highest BCUT2D eigenvalue weighted by atomic mass is 19.1. The van der Waals surface area contributed by atoms with E-state index in [9.17, 15) is 9.59 Å². The van der Waals surface area contributed by atoms with Crippen molar-refractivity contribution in [2.75, 3.05) is 13.2 Å². The summed E-state index contributed by atoms with van der Waals surface area (Å²) >= 11 is 0. The van der Waals surface area contributed by atoms with Crippen LogP contribution in [-0.2, 0) is 16.6 Å². The Kier molecular flexibility index (Phi) is 8.55. The van der Waals surface area contributed by atoms with E-state index in [-0.39, 0.29) is 28.9 Å². The normalized spacial score (nSPS) is 19.3. The predicted octanol–water partition coefficient (Wildman–Crippen LogP) is 6.36. The lowest BCUT2D eigenvalue weighted by atomic mass is 9.84. The minimum atomic E-state index is -0.725. The highest BCUT2D eigenvalue weighted by Gasteiger charge is 2.53. The van der Waals surface area contributed by atoms with Crippen molar-refractivity contribution in [2.45, 2.75) is 96.6 Å². The van der Waals surface area contributed by atoms with E-state index in [1.807, 2.05) is 46.0 Å². The van der Waals surface area contributed by atoms with Gasteiger partial charge in [-0.2, -0.15) is 5.10 Å². The van der Waals surface area contributed by atoms with Gasteiger partial charge in [0.25, 0.3) is 5.91 Å². The van der Waals surface area contributed by atoms with Gasteiger partial charge in [-0.1, -0.05) is 11.2 Å². The first-order valence-electron chi connectivity index (χ1n) is 21.4. The van der Waals surface area contributed by atoms with Crippen molar-refractivity contribution in [1.29, 1.82) is 0 Å². The molecule has 16 nitrogen and oxygen atoms in total. The Balaban J connectivity index is 1.05. The van der Waals surface area contributed by atoms with Crippen LogP contribution in [0.3, 0.4) is 0 Å². The number of H-pyrrole nitrogens is 1. The number of halogens is 1. The number of benzene rings is 1. The number of ether oxygens (including phenoxy) is 1. The van der Waals surface area contributed by atoms with Gasteiger partial charge in [-0.15, -0.1) is 10.2 Å². The highest BCUT2D eigenvalue weighted by molar-refractivity contribution is 5.99. The van der Waals surface area contributed by atoms with Crippen molar-refractivity contribution in [3.8, 4) is 17.2 Å². The fourth-order valence-corrected chi connectivity index (χ4v) is 10.2. The molecule has 322 valence electrons. The summed E-state index contributed by atoms with van der Waals surface area (Å²) in [5.74, 6) is 0.688. The van der Waals surface area contributed by atoms with Crippen LogP contribution in [0.5, 0.6) is 0 Å². The Bertz CT molecular complexity index is 3280. The number of nitrogens with zero attached hydrogens (tertiary/aromatic N) is 10. The molecule has 2 fully saturated rings. The third-order valence-electron chi connectivity index (χ3n) is 13.5. The first-order valence-corrected chi connectivity index (χ1v) is 21.4. The zero-order chi connectivity index (χ0) is 43.7. The smallest absolute Gasteiger partial charge is 0.376 e. The number of amides is 1. The number of pyridine rings is 2. The number of aromatic amines is 1. The average molecular weight is 852 g/mol. The van der Waals surface area contributed by atoms with E-state index >= 15 is 9.18 Å². The molecular weight excluding hydrogens is 806 g/mol. The molecule has 3 aliphatic rings. The molecule has 0 bridgehead atoms. The molecule has 1 aliphatic carbocycles. The number of carbonyl (C=O) groups excluding carboxylic acids is 1. The molecule has 0 radical (unpaired) electrons. The summed E-state index contributed by atoms with van der Waals surface area (Å²) in [7, 11) is 0. The largest absolute Gasteiger partial charge is 0.438 e. The van der Waals surface area contributed by atoms with Gasteiger partial charge >= 0.3 is 11.4 Å². The number of fused-ring (bicyclic) bond motifs is 3. The summed E-state index contributed by atoms with van der Waals surface area (Å²) in [5.41, 5.74) is 6.04. The molecule has 63 heavy (non-hydrogen) atoms. The van der Waals surface area contributed by atoms with Gasteiger partial charge in [-0.25, -0.2) is 18.7 Å². The second-order valence-electron chi connectivity index (χ2n) is 18.1. The highest BCUT2D eigenvalue weighted by Crippen LogP contribution is 2.55. The van der Waals surface area contributed by atoms with Gasteiger partial charge < -0.3 is 14.0 Å². The second kappa shape index (κ2) is 13.8. The Labute approximate surface area is 359 Å². The third kappa shape index (κ3) is 6.07. The zero-order valence-electron chi connectivity index (χ0n) is 35.8. The van der Waals surface area contributed by atoms with Crippen LogP contribution >= 0.6 is 0 Å². The van der Waals surface area contributed by atoms with E-state index in [4.69, 9.17) is 14.4 Å². The molecule has 1 saturated carbocycles. The number of aryl methyl sites for hydroxylation is 3. The van der Waals surface area contributed by atoms with Gasteiger partial charge in [-0.3, -0.25) is 27.8 Å². The molecule has 2 aliphatic heterocycles. The SMILES string of the molecule is Cc1cc(-n2nc3c(c2-n2ccn(-c4ccn5c(C)nnc5c4)c2=O)[C@H](C)N(C(=O)c2cn4cc([C@H]5CCOC(C)(C)C5)ccc4c2C2(c4noc(=O)[nH]4)CC2)CC3)cc(C)c1F. The maximum atomic E-state index is 15.4. The average Bonchev–Trinajstić information content (AvgIpc) is 3.71. The number of hydrogen-bond acceptors (Lipinski definition) is 9. The predicted molar refractivity (Wildman–Crippen MR) is 229 cm³/mol. The van der Waals surface area contributed by atoms with Crippen LogP contribution in [0.1, 0.15) is 114 Å². The van der Waals surface area contributed by atoms with E-state index in [0.717, 1.165) is 41.0 Å². The summed E-state index contributed by atoms with van der Waals surface area (Å²) < 4.78 is 34.8. The number of nitrogens with one attached hydrogen (secondary N) is 1. The van der Waals surface area contributed by atoms with Gasteiger partial charge in [0, 0.05) is 67.7 Å². The molecular formula is C46H46FN11O5. The molecule has 11 rings (SSSR count). The van der Waals surface area contributed by atoms with Crippen molar-refractivity contribution in [2.24, 2.45) is 0 Å². The van der Waals surface area contributed by atoms with Gasteiger partial charge in [0.05, 0.1) is 45.2 Å². The fraction of sp³-hybridized carbons (Fsp3) is 0.370. The van der Waals surface area contributed by atoms with Crippen LogP contribution in [0.2, 0.25) is 0 Å². The Morgan fingerprint density at radius 3 is 2.46 bits per heavy atom. The molecule has 1 amide bonds. The van der Waals surface area contributed by atoms with Crippen molar-refractivity contribution < 1.29 is 18.4 Å². The lowest BCUT2D eigenvalue weighted by Crippen LogP contribution is -2.40. The molecule has 1 N–H and O–H groups in total. The monoisotopic (exact) mass is 851 g/mol. The second-order valence-corrected chi connectivity index (χ2v) is 18.1. The van der Waals surface area contributed by atoms with Crippen molar-refractivity contribution in [3.63, 3.8) is 0 Å². The van der Waals surface area contributed by atoms with Crippen molar-refractivity contribution >= 4 is 17.1 Å². The van der Waals surface area contributed by atoms with Gasteiger partial charge in [0.1, 0.15) is 17.5 Å². The lowest BCUT2D eigenvalue weighted by molar-refractivity contribution is -0.0593. The summed E-state index contributed by atoms with van der Waals surface area (Å²) in [6, 6.07) is 10.7. The van der Waals surface area contributed by atoms with Gasteiger partial charge in [0.2, 0.25) is 0 Å². The maximum absolute atomic E-state index is 15.4. The molecule has 9 heterocycles. The standard InChI is InChI=1S/C46H46FN11O5/c1-25-19-32(20-26(2)39(25)47)58-40(57-17-16-56(44(57)61)31-9-14-55-28(4)49-50-36(55)21-31)37-27(3)54(15-10-34(37)51-58)41(59)33-24-53-23-30(29-11-18-62-45(5,6)22-29)7-8-35(53)38(33)46(12-13-46)42-48-43(60)63-52-42/h7-9,14,16-17,19-21,23-24,27,29H,10-13,15,18,22H2,1-6H3,(H,48,52,60)/t27-,29-/m0/s1. The first-order chi connectivity index (χ1) is 30.2. The maximum Gasteiger partial charge on any atom is 0.438 e. The summed E-state index contributed by atoms with van der Waals surface area (Å²) in [6.45, 7) is 12.5. The first kappa shape index (κ1) is 39.0. The minimum Gasteiger partial charge on any atom is -0.376 e. The Morgan fingerprint density at radius 2 is 1.73 bits per heavy atom. The zero-order valence-corrected chi connectivity index (χ0v) is 35.8. The minimum absolute atomic E-state index is 0.202. The molecule has 17 heteroatoms. The summed E-state index contributed by atoms with van der Waals surface area (Å²) in [4.78, 5) is 47.0. The van der Waals surface area contributed by atoms with Crippen molar-refractivity contribution in [1.82, 2.24) is 53.0 Å². The van der Waals surface area contributed by atoms with Crippen LogP contribution in [-0.4, -0.2) is 77.6 Å². The third-order valence-corrected chi connectivity index (χ3v) is 13.5. The number of rotatable bonds is 7. The quantitative estimate of drug-likeness (QED) is 0.192. The molecule has 1 aromatic carbocycles. The molecule has 1 saturated heterocycles. The number of aromatic nitrogens is 10. The number of imidazole rings is 1. The summed E-state index contributed by atoms with van der Waals surface area (Å²) in [5, 5.41) is 17.7. The summed E-state index contributed by atoms with van der Waals surface area (Å²) in [6.07, 6.45) is 12.7. The van der Waals surface area contributed by atoms with Crippen LogP contribution in [0.25, 0.3) is 28.4 Å². The number of hydrogen-bond donors (Lipinski definition) is 1. The van der Waals surface area contributed by atoms with Crippen LogP contribution in [0, 0.1) is 26.6 Å². The lowest BCUT2D eigenvalue weighted by Gasteiger charge is -2.35. The Morgan fingerprint density at radius 1 is 0.952 bits per heavy atom. The Hall–Kier alpha value is -6.88. The van der Waals surface area contributed by atoms with Gasteiger partial charge in [0.15, 0.2) is 11.5 Å². The number of carbonyl (C=O) groups is 1. The van der Waals surface area contributed by atoms with E-state index in [0.29, 0.717) is 83.3 Å². The van der Waals surface area contributed by atoms with Crippen LogP contribution in [0.4, 0.5) is 4.39 Å². The molecule has 7 aromatic heterocycles. The van der Waals surface area contributed by atoms with E-state index in [1.54, 1.807) is 53.7 Å². The fourth-order valence-electron chi connectivity index (χ4n) is 10.2. The van der Waals surface area contributed by atoms with E-state index in [1.165, 1.54) is 4.57 Å². The van der Waals surface area contributed by atoms with Gasteiger partial charge in [-0.05, 0) is 114 Å². The molecule has 2 atom stereocenters. The van der Waals surface area contributed by atoms with E-state index < -0.39 is 17.2 Å².